The average Bonchev–Trinajstić information content (AvgIpc) is 2.37. The zero-order chi connectivity index (χ0) is 15.1. The summed E-state index contributed by atoms with van der Waals surface area (Å²) >= 11 is 0. The molecule has 2 nitrogen and oxygen atoms in total. The molecule has 0 N–H and O–H groups in total. The van der Waals surface area contributed by atoms with E-state index < -0.39 is 13.0 Å². The highest BCUT2D eigenvalue weighted by molar-refractivity contribution is 5.94. The summed E-state index contributed by atoms with van der Waals surface area (Å²) in [7, 11) is 0. The molecule has 0 bridgehead atoms. The molecule has 0 radical (unpaired) electrons. The van der Waals surface area contributed by atoms with Gasteiger partial charge in [0, 0.05) is 12.1 Å². The lowest BCUT2D eigenvalue weighted by molar-refractivity contribution is 0.0555. The molecule has 0 atom stereocenters. The third kappa shape index (κ3) is 5.27. The van der Waals surface area contributed by atoms with Crippen LogP contribution >= 0.6 is 0 Å². The number of rotatable bonds is 7. The minimum atomic E-state index is -2.49. The number of carbonyl (C=O) groups excluding carboxylic acids is 1. The van der Waals surface area contributed by atoms with E-state index in [0.29, 0.717) is 24.4 Å². The lowest BCUT2D eigenvalue weighted by Crippen LogP contribution is -2.35. The molecule has 0 aromatic heterocycles. The Kier molecular flexibility index (Phi) is 6.62. The third-order valence-corrected chi connectivity index (χ3v) is 2.98. The van der Waals surface area contributed by atoms with E-state index in [9.17, 15) is 13.6 Å². The summed E-state index contributed by atoms with van der Waals surface area (Å²) in [5, 5.41) is 0. The van der Waals surface area contributed by atoms with E-state index in [1.165, 1.54) is 4.90 Å². The van der Waals surface area contributed by atoms with Gasteiger partial charge in [0.15, 0.2) is 0 Å². The topological polar surface area (TPSA) is 20.3 Å². The summed E-state index contributed by atoms with van der Waals surface area (Å²) in [6.45, 7) is 5.99. The first-order valence-electron chi connectivity index (χ1n) is 7.10. The van der Waals surface area contributed by atoms with E-state index in [1.807, 2.05) is 19.1 Å². The van der Waals surface area contributed by atoms with Crippen LogP contribution in [0.4, 0.5) is 8.78 Å². The Morgan fingerprint density at radius 1 is 1.20 bits per heavy atom. The number of benzene rings is 1. The molecule has 0 spiro atoms. The van der Waals surface area contributed by atoms with Crippen molar-refractivity contribution in [2.75, 3.05) is 13.1 Å². The number of alkyl halides is 2. The molecule has 1 amide bonds. The highest BCUT2D eigenvalue weighted by Gasteiger charge is 2.18. The molecule has 112 valence electrons. The van der Waals surface area contributed by atoms with Crippen LogP contribution in [0.5, 0.6) is 0 Å². The molecule has 1 aromatic carbocycles. The van der Waals surface area contributed by atoms with Gasteiger partial charge in [-0.2, -0.15) is 0 Å². The standard InChI is InChI=1S/C16H23F2NO/c1-4-9-19(11-15(17)18)16(20)14-7-5-13(6-8-14)10-12(2)3/h5-8,12,15H,4,9-11H2,1-3H3. The van der Waals surface area contributed by atoms with E-state index in [2.05, 4.69) is 13.8 Å². The second-order valence-corrected chi connectivity index (χ2v) is 5.44. The Labute approximate surface area is 119 Å². The fraction of sp³-hybridized carbons (Fsp3) is 0.562. The molecule has 1 rings (SSSR count). The van der Waals surface area contributed by atoms with Crippen molar-refractivity contribution < 1.29 is 13.6 Å². The lowest BCUT2D eigenvalue weighted by atomic mass is 10.0. The minimum Gasteiger partial charge on any atom is -0.333 e. The Balaban J connectivity index is 2.78. The maximum Gasteiger partial charge on any atom is 0.255 e. The molecule has 0 aliphatic heterocycles. The molecule has 0 heterocycles. The van der Waals surface area contributed by atoms with Gasteiger partial charge < -0.3 is 4.90 Å². The van der Waals surface area contributed by atoms with Crippen molar-refractivity contribution in [1.82, 2.24) is 4.90 Å². The SMILES string of the molecule is CCCN(CC(F)F)C(=O)c1ccc(CC(C)C)cc1. The van der Waals surface area contributed by atoms with Gasteiger partial charge in [0.1, 0.15) is 0 Å². The Morgan fingerprint density at radius 2 is 1.80 bits per heavy atom. The van der Waals surface area contributed by atoms with Crippen LogP contribution in [0.25, 0.3) is 0 Å². The van der Waals surface area contributed by atoms with Gasteiger partial charge in [-0.15, -0.1) is 0 Å². The second-order valence-electron chi connectivity index (χ2n) is 5.44. The molecular weight excluding hydrogens is 260 g/mol. The smallest absolute Gasteiger partial charge is 0.255 e. The average molecular weight is 283 g/mol. The fourth-order valence-corrected chi connectivity index (χ4v) is 2.15. The molecule has 0 fully saturated rings. The largest absolute Gasteiger partial charge is 0.333 e. The first-order valence-corrected chi connectivity index (χ1v) is 7.10. The summed E-state index contributed by atoms with van der Waals surface area (Å²) in [6.07, 6.45) is -0.876. The van der Waals surface area contributed by atoms with Gasteiger partial charge in [-0.25, -0.2) is 8.78 Å². The third-order valence-electron chi connectivity index (χ3n) is 2.98. The summed E-state index contributed by atoms with van der Waals surface area (Å²) in [6, 6.07) is 7.27. The minimum absolute atomic E-state index is 0.316. The van der Waals surface area contributed by atoms with Gasteiger partial charge in [-0.05, 0) is 36.5 Å². The number of hydrogen-bond acceptors (Lipinski definition) is 1. The van der Waals surface area contributed by atoms with Crippen LogP contribution in [0.1, 0.15) is 43.1 Å². The zero-order valence-corrected chi connectivity index (χ0v) is 12.4. The van der Waals surface area contributed by atoms with Crippen LogP contribution < -0.4 is 0 Å². The van der Waals surface area contributed by atoms with Crippen molar-refractivity contribution >= 4 is 5.91 Å². The molecule has 1 aromatic rings. The molecule has 4 heteroatoms. The maximum atomic E-state index is 12.5. The summed E-state index contributed by atoms with van der Waals surface area (Å²) < 4.78 is 25.0. The molecular formula is C16H23F2NO. The molecule has 0 aliphatic carbocycles. The van der Waals surface area contributed by atoms with Crippen LogP contribution in [-0.2, 0) is 6.42 Å². The zero-order valence-electron chi connectivity index (χ0n) is 12.4. The van der Waals surface area contributed by atoms with Crippen molar-refractivity contribution in [1.29, 1.82) is 0 Å². The van der Waals surface area contributed by atoms with Crippen molar-refractivity contribution in [3.8, 4) is 0 Å². The predicted octanol–water partition coefficient (Wildman–Crippen LogP) is 4.00. The summed E-state index contributed by atoms with van der Waals surface area (Å²) in [5.74, 6) is 0.232. The van der Waals surface area contributed by atoms with E-state index in [0.717, 1.165) is 12.0 Å². The molecule has 0 saturated carbocycles. The maximum absolute atomic E-state index is 12.5. The first-order chi connectivity index (χ1) is 9.43. The second kappa shape index (κ2) is 7.98. The number of nitrogens with zero attached hydrogens (tertiary/aromatic N) is 1. The van der Waals surface area contributed by atoms with Gasteiger partial charge in [0.25, 0.3) is 12.3 Å². The number of hydrogen-bond donors (Lipinski definition) is 0. The summed E-state index contributed by atoms with van der Waals surface area (Å²) in [5.41, 5.74) is 1.64. The predicted molar refractivity (Wildman–Crippen MR) is 77.2 cm³/mol. The Hall–Kier alpha value is -1.45. The van der Waals surface area contributed by atoms with Gasteiger partial charge in [0.2, 0.25) is 0 Å². The van der Waals surface area contributed by atoms with Crippen molar-refractivity contribution in [2.24, 2.45) is 5.92 Å². The number of carbonyl (C=O) groups is 1. The van der Waals surface area contributed by atoms with E-state index in [1.54, 1.807) is 12.1 Å². The highest BCUT2D eigenvalue weighted by atomic mass is 19.3. The molecule has 20 heavy (non-hydrogen) atoms. The van der Waals surface area contributed by atoms with Gasteiger partial charge in [-0.3, -0.25) is 4.79 Å². The highest BCUT2D eigenvalue weighted by Crippen LogP contribution is 2.12. The number of halogens is 2. The Morgan fingerprint density at radius 3 is 2.25 bits per heavy atom. The van der Waals surface area contributed by atoms with E-state index in [-0.39, 0.29) is 5.91 Å². The lowest BCUT2D eigenvalue weighted by Gasteiger charge is -2.21. The Bertz CT molecular complexity index is 415. The van der Waals surface area contributed by atoms with Crippen LogP contribution in [0.3, 0.4) is 0 Å². The first kappa shape index (κ1) is 16.6. The summed E-state index contributed by atoms with van der Waals surface area (Å²) in [4.78, 5) is 13.4. The van der Waals surface area contributed by atoms with E-state index >= 15 is 0 Å². The van der Waals surface area contributed by atoms with Crippen LogP contribution in [0.2, 0.25) is 0 Å². The van der Waals surface area contributed by atoms with Gasteiger partial charge >= 0.3 is 0 Å². The van der Waals surface area contributed by atoms with Crippen LogP contribution in [-0.4, -0.2) is 30.3 Å². The van der Waals surface area contributed by atoms with Crippen LogP contribution in [0, 0.1) is 5.92 Å². The fourth-order valence-electron chi connectivity index (χ4n) is 2.15. The van der Waals surface area contributed by atoms with Crippen molar-refractivity contribution in [3.05, 3.63) is 35.4 Å². The van der Waals surface area contributed by atoms with Gasteiger partial charge in [0.05, 0.1) is 6.54 Å². The van der Waals surface area contributed by atoms with Crippen molar-refractivity contribution in [3.63, 3.8) is 0 Å². The molecule has 0 saturated heterocycles. The van der Waals surface area contributed by atoms with E-state index in [4.69, 9.17) is 0 Å². The molecule has 0 unspecified atom stereocenters. The number of amides is 1. The van der Waals surface area contributed by atoms with Crippen molar-refractivity contribution in [2.45, 2.75) is 40.0 Å². The monoisotopic (exact) mass is 283 g/mol. The molecule has 0 aliphatic rings. The quantitative estimate of drug-likeness (QED) is 0.740. The van der Waals surface area contributed by atoms with Gasteiger partial charge in [-0.1, -0.05) is 32.9 Å². The normalized spacial score (nSPS) is 11.2. The van der Waals surface area contributed by atoms with Crippen LogP contribution in [0.15, 0.2) is 24.3 Å².